The van der Waals surface area contributed by atoms with E-state index in [9.17, 15) is 0 Å². The predicted octanol–water partition coefficient (Wildman–Crippen LogP) is 3.09. The zero-order valence-electron chi connectivity index (χ0n) is 5.65. The Morgan fingerprint density at radius 2 is 1.50 bits per heavy atom. The van der Waals surface area contributed by atoms with Gasteiger partial charge >= 0.3 is 66.0 Å². The van der Waals surface area contributed by atoms with E-state index in [-0.39, 0.29) is 11.0 Å². The van der Waals surface area contributed by atoms with Crippen molar-refractivity contribution in [2.75, 3.05) is 0 Å². The molecule has 0 rings (SSSR count). The topological polar surface area (TPSA) is 60.0 Å². The van der Waals surface area contributed by atoms with E-state index in [1.54, 1.807) is 0 Å². The first-order valence-electron chi connectivity index (χ1n) is 2.63. The van der Waals surface area contributed by atoms with Gasteiger partial charge in [-0.15, -0.1) is 0 Å². The number of halogens is 3. The summed E-state index contributed by atoms with van der Waals surface area (Å²) >= 11 is -2.89. The molecule has 0 saturated carbocycles. The van der Waals surface area contributed by atoms with Crippen LogP contribution in [-0.4, -0.2) is 25.9 Å². The third-order valence-electron chi connectivity index (χ3n) is 0.814. The quantitative estimate of drug-likeness (QED) is 0.751. The Morgan fingerprint density at radius 3 is 1.60 bits per heavy atom. The second-order valence-corrected chi connectivity index (χ2v) is 23.5. The Kier molecular flexibility index (Phi) is 15.3. The molecule has 0 spiro atoms. The molecule has 6 heteroatoms. The first-order chi connectivity index (χ1) is 3.56. The van der Waals surface area contributed by atoms with E-state index in [1.165, 1.54) is 0 Å². The van der Waals surface area contributed by atoms with Gasteiger partial charge in [-0.25, -0.2) is 0 Å². The van der Waals surface area contributed by atoms with Crippen molar-refractivity contribution in [2.24, 2.45) is 0 Å². The third kappa shape index (κ3) is 16.3. The molecule has 0 bridgehead atoms. The van der Waals surface area contributed by atoms with Gasteiger partial charge in [0.15, 0.2) is 0 Å². The van der Waals surface area contributed by atoms with Crippen LogP contribution in [0.2, 0.25) is 4.44 Å². The first kappa shape index (κ1) is 17.6. The molecule has 0 aliphatic heterocycles. The molecule has 66 valence electrons. The van der Waals surface area contributed by atoms with Crippen molar-refractivity contribution in [3.63, 3.8) is 0 Å². The van der Waals surface area contributed by atoms with E-state index in [0.29, 0.717) is 0 Å². The van der Waals surface area contributed by atoms with Crippen LogP contribution in [0.15, 0.2) is 0 Å². The first-order valence-corrected chi connectivity index (χ1v) is 15.5. The van der Waals surface area contributed by atoms with Crippen molar-refractivity contribution >= 4 is 41.8 Å². The van der Waals surface area contributed by atoms with E-state index in [1.807, 2.05) is 0 Å². The minimum Gasteiger partial charge on any atom is -0.870 e. The number of hydrogen-bond donors (Lipinski definition) is 0. The van der Waals surface area contributed by atoms with Gasteiger partial charge in [-0.05, 0) is 0 Å². The fourth-order valence-corrected chi connectivity index (χ4v) is 5.22. The summed E-state index contributed by atoms with van der Waals surface area (Å²) in [5, 5.41) is 0. The largest absolute Gasteiger partial charge is 0.870 e. The summed E-state index contributed by atoms with van der Waals surface area (Å²) in [5.41, 5.74) is 0. The Morgan fingerprint density at radius 1 is 1.10 bits per heavy atom. The number of rotatable bonds is 3. The van der Waals surface area contributed by atoms with Gasteiger partial charge in [0.05, 0.1) is 0 Å². The molecule has 2 nitrogen and oxygen atoms in total. The molecule has 0 unspecified atom stereocenters. The van der Waals surface area contributed by atoms with Crippen molar-refractivity contribution < 1.29 is 11.0 Å². The van der Waals surface area contributed by atoms with Crippen LogP contribution >= 0.6 is 26.8 Å². The van der Waals surface area contributed by atoms with E-state index >= 15 is 0 Å². The second kappa shape index (κ2) is 8.68. The van der Waals surface area contributed by atoms with E-state index < -0.39 is 15.0 Å². The van der Waals surface area contributed by atoms with Gasteiger partial charge in [-0.3, -0.25) is 0 Å². The second-order valence-electron chi connectivity index (χ2n) is 1.72. The Labute approximate surface area is 76.5 Å². The standard InChI is InChI=1S/C4H9.3ClH.2H2O.Sn/c1-3-4-2;;;;;;/h1,3-4H2,2H3;3*1H;2*1H2;/q;;;;;;+3/p-5. The molecule has 0 aromatic carbocycles. The van der Waals surface area contributed by atoms with Crippen molar-refractivity contribution in [1.82, 2.24) is 0 Å². The maximum absolute atomic E-state index is 5.65. The van der Waals surface area contributed by atoms with Gasteiger partial charge in [0.1, 0.15) is 0 Å². The third-order valence-corrected chi connectivity index (χ3v) is 7.24. The maximum Gasteiger partial charge on any atom is -0.870 e. The van der Waals surface area contributed by atoms with Crippen molar-refractivity contribution in [2.45, 2.75) is 24.2 Å². The van der Waals surface area contributed by atoms with Gasteiger partial charge in [0.25, 0.3) is 0 Å². The Balaban J connectivity index is -0.000000245. The van der Waals surface area contributed by atoms with Crippen LogP contribution in [-0.2, 0) is 0 Å². The van der Waals surface area contributed by atoms with Crippen LogP contribution < -0.4 is 0 Å². The van der Waals surface area contributed by atoms with Crippen molar-refractivity contribution in [1.29, 1.82) is 0 Å². The summed E-state index contributed by atoms with van der Waals surface area (Å²) in [6, 6.07) is 0. The van der Waals surface area contributed by atoms with Gasteiger partial charge in [0, 0.05) is 0 Å². The Hall–Kier alpha value is 1.59. The summed E-state index contributed by atoms with van der Waals surface area (Å²) in [6.45, 7) is 2.10. The molecule has 10 heavy (non-hydrogen) atoms. The molecule has 0 aliphatic rings. The van der Waals surface area contributed by atoms with Crippen molar-refractivity contribution in [3.8, 4) is 0 Å². The summed E-state index contributed by atoms with van der Waals surface area (Å²) in [6.07, 6.45) is 2.21. The van der Waals surface area contributed by atoms with Gasteiger partial charge in [0.2, 0.25) is 0 Å². The molecule has 0 aromatic heterocycles. The van der Waals surface area contributed by atoms with Crippen LogP contribution in [0.5, 0.6) is 0 Å². The average molecular weight is 316 g/mol. The molecule has 0 aliphatic carbocycles. The van der Waals surface area contributed by atoms with Crippen LogP contribution in [0.25, 0.3) is 0 Å². The normalized spacial score (nSPS) is 9.60. The molecule has 0 aromatic rings. The van der Waals surface area contributed by atoms with E-state index in [2.05, 4.69) is 6.92 Å². The maximum atomic E-state index is 5.65. The van der Waals surface area contributed by atoms with E-state index in [0.717, 1.165) is 17.3 Å². The van der Waals surface area contributed by atoms with Crippen LogP contribution in [0.4, 0.5) is 0 Å². The minimum absolute atomic E-state index is 0. The summed E-state index contributed by atoms with van der Waals surface area (Å²) in [7, 11) is 17.0. The van der Waals surface area contributed by atoms with Gasteiger partial charge in [-0.1, -0.05) is 0 Å². The Bertz CT molecular complexity index is 66.0. The number of hydrogen-bond acceptors (Lipinski definition) is 2. The molecule has 0 amide bonds. The number of unbranched alkanes of at least 4 members (excludes halogenated alkanes) is 1. The molecule has 0 saturated heterocycles. The minimum atomic E-state index is -2.89. The molecular formula is C4H11Cl3O2Sn-2. The van der Waals surface area contributed by atoms with Gasteiger partial charge < -0.3 is 11.0 Å². The predicted molar refractivity (Wildman–Crippen MR) is 46.9 cm³/mol. The van der Waals surface area contributed by atoms with Crippen molar-refractivity contribution in [3.05, 3.63) is 0 Å². The molecule has 0 fully saturated rings. The van der Waals surface area contributed by atoms with Crippen LogP contribution in [0.1, 0.15) is 19.8 Å². The molecule has 0 heterocycles. The van der Waals surface area contributed by atoms with Gasteiger partial charge in [-0.2, -0.15) is 0 Å². The zero-order valence-corrected chi connectivity index (χ0v) is 10.8. The van der Waals surface area contributed by atoms with Crippen LogP contribution in [0.3, 0.4) is 0 Å². The molecule has 0 radical (unpaired) electrons. The fraction of sp³-hybridized carbons (Fsp3) is 1.00. The fourth-order valence-electron chi connectivity index (χ4n) is 0.377. The average Bonchev–Trinajstić information content (AvgIpc) is 1.59. The molecule has 2 N–H and O–H groups in total. The molecule has 0 atom stereocenters. The summed E-state index contributed by atoms with van der Waals surface area (Å²) in [5.74, 6) is 0. The van der Waals surface area contributed by atoms with Crippen LogP contribution in [0, 0.1) is 0 Å². The molecular weight excluding hydrogens is 305 g/mol. The smallest absolute Gasteiger partial charge is 0.870 e. The SMILES string of the molecule is CCC[CH2][Sn]([Cl])([Cl])[Cl].[OH-].[OH-]. The summed E-state index contributed by atoms with van der Waals surface area (Å²) < 4.78 is 0.871. The summed E-state index contributed by atoms with van der Waals surface area (Å²) in [4.78, 5) is 0. The van der Waals surface area contributed by atoms with E-state index in [4.69, 9.17) is 26.8 Å². The monoisotopic (exact) mass is 316 g/mol. The zero-order chi connectivity index (χ0) is 6.62.